The van der Waals surface area contributed by atoms with E-state index in [-0.39, 0.29) is 19.3 Å². The quantitative estimate of drug-likeness (QED) is 0.0146. The van der Waals surface area contributed by atoms with Gasteiger partial charge in [-0.2, -0.15) is 0 Å². The number of rotatable bonds is 62. The van der Waals surface area contributed by atoms with Crippen molar-refractivity contribution in [3.8, 4) is 0 Å². The van der Waals surface area contributed by atoms with Crippen LogP contribution in [0.4, 0.5) is 0 Å². The average molecular weight is 1220 g/mol. The Labute approximate surface area is 503 Å². The van der Waals surface area contributed by atoms with Crippen LogP contribution >= 0.6 is 15.6 Å². The number of ether oxygens (including phenoxy) is 3. The van der Waals surface area contributed by atoms with Gasteiger partial charge in [0.1, 0.15) is 25.4 Å². The highest BCUT2D eigenvalue weighted by molar-refractivity contribution is 7.47. The zero-order valence-corrected chi connectivity index (χ0v) is 53.9. The maximum Gasteiger partial charge on any atom is 0.472 e. The topological polar surface area (TPSA) is 231 Å². The predicted octanol–water partition coefficient (Wildman–Crippen LogP) is 17.4. The van der Waals surface area contributed by atoms with Gasteiger partial charge in [-0.25, -0.2) is 9.13 Å². The molecule has 0 amide bonds. The third-order valence-corrected chi connectivity index (χ3v) is 15.7. The van der Waals surface area contributed by atoms with Crippen LogP contribution in [0.25, 0.3) is 0 Å². The fraction of sp³-hybridized carbons (Fsp3) is 0.800. The fourth-order valence-corrected chi connectivity index (χ4v) is 10.4. The fourth-order valence-electron chi connectivity index (χ4n) is 8.77. The lowest BCUT2D eigenvalue weighted by Crippen LogP contribution is -2.30. The van der Waals surface area contributed by atoms with Crippen LogP contribution in [0.2, 0.25) is 0 Å². The summed E-state index contributed by atoms with van der Waals surface area (Å²) in [5.74, 6) is -1.59. The van der Waals surface area contributed by atoms with Gasteiger partial charge in [0.2, 0.25) is 0 Å². The first kappa shape index (κ1) is 80.2. The molecule has 0 aliphatic heterocycles. The van der Waals surface area contributed by atoms with Crippen LogP contribution in [0.3, 0.4) is 0 Å². The van der Waals surface area contributed by atoms with Gasteiger partial charge in [-0.15, -0.1) is 0 Å². The third kappa shape index (κ3) is 60.7. The molecule has 5 unspecified atom stereocenters. The van der Waals surface area contributed by atoms with Crippen molar-refractivity contribution in [3.05, 3.63) is 60.8 Å². The summed E-state index contributed by atoms with van der Waals surface area (Å²) in [6.45, 7) is 2.54. The number of allylic oxidation sites excluding steroid dienone is 10. The molecule has 0 spiro atoms. The highest BCUT2D eigenvalue weighted by Gasteiger charge is 2.29. The number of carbonyl (C=O) groups excluding carboxylic acids is 3. The first-order valence-corrected chi connectivity index (χ1v) is 35.6. The summed E-state index contributed by atoms with van der Waals surface area (Å²) in [4.78, 5) is 58.2. The molecular weight excluding hydrogens is 1100 g/mol. The Morgan fingerprint density at radius 2 is 0.639 bits per heavy atom. The van der Waals surface area contributed by atoms with Gasteiger partial charge in [-0.3, -0.25) is 32.5 Å². The van der Waals surface area contributed by atoms with Gasteiger partial charge in [-0.1, -0.05) is 255 Å². The summed E-state index contributed by atoms with van der Waals surface area (Å²) < 4.78 is 60.7. The molecule has 0 heterocycles. The first-order valence-electron chi connectivity index (χ1n) is 32.6. The molecule has 0 aromatic rings. The molecule has 16 nitrogen and oxygen atoms in total. The van der Waals surface area contributed by atoms with E-state index in [1.165, 1.54) is 122 Å². The van der Waals surface area contributed by atoms with E-state index in [2.05, 4.69) is 81.5 Å². The first-order chi connectivity index (χ1) is 40.2. The summed E-state index contributed by atoms with van der Waals surface area (Å²) in [6, 6.07) is 0. The lowest BCUT2D eigenvalue weighted by molar-refractivity contribution is -0.161. The molecule has 0 saturated heterocycles. The third-order valence-electron chi connectivity index (χ3n) is 13.8. The van der Waals surface area contributed by atoms with Gasteiger partial charge in [0.15, 0.2) is 6.10 Å². The van der Waals surface area contributed by atoms with E-state index in [0.717, 1.165) is 96.3 Å². The minimum Gasteiger partial charge on any atom is -0.463 e. The molecule has 83 heavy (non-hydrogen) atoms. The van der Waals surface area contributed by atoms with Crippen molar-refractivity contribution >= 4 is 33.6 Å². The van der Waals surface area contributed by atoms with Crippen LogP contribution in [0.5, 0.6) is 0 Å². The van der Waals surface area contributed by atoms with E-state index in [4.69, 9.17) is 32.3 Å². The monoisotopic (exact) mass is 1220 g/mol. The van der Waals surface area contributed by atoms with Crippen LogP contribution in [-0.4, -0.2) is 95.9 Å². The van der Waals surface area contributed by atoms with Crippen molar-refractivity contribution in [2.45, 2.75) is 296 Å². The molecule has 0 aromatic carbocycles. The summed E-state index contributed by atoms with van der Waals surface area (Å²) in [6.07, 6.45) is 58.5. The number of carbonyl (C=O) groups is 3. The van der Waals surface area contributed by atoms with Gasteiger partial charge in [-0.05, 0) is 64.2 Å². The van der Waals surface area contributed by atoms with Gasteiger partial charge in [0.25, 0.3) is 0 Å². The zero-order valence-electron chi connectivity index (χ0n) is 52.1. The molecule has 484 valence electrons. The van der Waals surface area contributed by atoms with Gasteiger partial charge >= 0.3 is 33.6 Å². The summed E-state index contributed by atoms with van der Waals surface area (Å²) in [5.41, 5.74) is 0. The molecule has 0 aliphatic carbocycles. The average Bonchev–Trinajstić information content (AvgIpc) is 3.46. The van der Waals surface area contributed by atoms with Crippen molar-refractivity contribution in [3.63, 3.8) is 0 Å². The number of phosphoric acid groups is 2. The van der Waals surface area contributed by atoms with E-state index in [1.807, 2.05) is 0 Å². The SMILES string of the molecule is CC/C=C\C/C=C\C/C=C\C/C=C\C/C=C\CCCCCC(=O)OCC(O)COP(=O)(O)OCC(O)COP(=O)(O)OCC(COC(=O)CCCCCCCCCCCCCCCCC)OC(=O)CCCCCCCCCCCCCCC. The summed E-state index contributed by atoms with van der Waals surface area (Å²) >= 11 is 0. The molecule has 0 bridgehead atoms. The largest absolute Gasteiger partial charge is 0.472 e. The van der Waals surface area contributed by atoms with E-state index < -0.39 is 91.5 Å². The van der Waals surface area contributed by atoms with Gasteiger partial charge in [0, 0.05) is 19.3 Å². The van der Waals surface area contributed by atoms with E-state index >= 15 is 0 Å². The molecule has 0 fully saturated rings. The Balaban J connectivity index is 4.64. The Kier molecular flexibility index (Phi) is 57.6. The van der Waals surface area contributed by atoms with E-state index in [9.17, 15) is 43.5 Å². The molecule has 0 radical (unpaired) electrons. The Morgan fingerprint density at radius 1 is 0.349 bits per heavy atom. The second-order valence-electron chi connectivity index (χ2n) is 21.9. The number of hydrogen-bond acceptors (Lipinski definition) is 14. The lowest BCUT2D eigenvalue weighted by Gasteiger charge is -2.21. The minimum atomic E-state index is -4.91. The molecular formula is C65H118O16P2. The highest BCUT2D eigenvalue weighted by Crippen LogP contribution is 2.45. The standard InChI is InChI=1S/C65H118O16P2/c1-4-7-10-13-16-19-22-25-27-28-29-30-32-35-36-39-42-45-48-51-63(68)75-54-60(66)55-77-82(71,72)78-56-61(67)57-79-83(73,74)80-59-62(81-65(70)53-50-47-44-41-38-33-24-21-18-15-12-9-6-3)58-76-64(69)52-49-46-43-40-37-34-31-26-23-20-17-14-11-8-5-2/h7,10,16,19,25,27,29-30,35-36,60-62,66-67H,4-6,8-9,11-15,17-18,20-24,26,28,31-34,37-59H2,1-3H3,(H,71,72)(H,73,74)/b10-7-,19-16-,27-25-,30-29-,36-35-. The summed E-state index contributed by atoms with van der Waals surface area (Å²) in [5, 5.41) is 20.5. The van der Waals surface area contributed by atoms with Gasteiger partial charge < -0.3 is 34.2 Å². The maximum absolute atomic E-state index is 12.9. The van der Waals surface area contributed by atoms with Crippen molar-refractivity contribution in [1.29, 1.82) is 0 Å². The molecule has 0 saturated carbocycles. The number of aliphatic hydroxyl groups is 2. The normalized spacial score (nSPS) is 14.7. The van der Waals surface area contributed by atoms with Crippen molar-refractivity contribution < 1.29 is 75.8 Å². The number of hydrogen-bond donors (Lipinski definition) is 4. The van der Waals surface area contributed by atoms with Gasteiger partial charge in [0.05, 0.1) is 26.4 Å². The molecule has 4 N–H and O–H groups in total. The zero-order chi connectivity index (χ0) is 61.0. The second-order valence-corrected chi connectivity index (χ2v) is 24.8. The van der Waals surface area contributed by atoms with E-state index in [1.54, 1.807) is 0 Å². The van der Waals surface area contributed by atoms with Crippen molar-refractivity contribution in [2.75, 3.05) is 39.6 Å². The lowest BCUT2D eigenvalue weighted by atomic mass is 10.0. The van der Waals surface area contributed by atoms with Crippen LogP contribution in [0, 0.1) is 0 Å². The Hall–Kier alpha value is -2.75. The van der Waals surface area contributed by atoms with Crippen LogP contribution in [-0.2, 0) is 55.8 Å². The maximum atomic E-state index is 12.9. The van der Waals surface area contributed by atoms with Crippen LogP contribution in [0.15, 0.2) is 60.8 Å². The number of aliphatic hydroxyl groups excluding tert-OH is 2. The number of phosphoric ester groups is 2. The Morgan fingerprint density at radius 3 is 1.01 bits per heavy atom. The van der Waals surface area contributed by atoms with E-state index in [0.29, 0.717) is 19.3 Å². The van der Waals surface area contributed by atoms with Crippen LogP contribution in [0.1, 0.15) is 278 Å². The van der Waals surface area contributed by atoms with Crippen molar-refractivity contribution in [2.24, 2.45) is 0 Å². The molecule has 18 heteroatoms. The molecule has 0 aliphatic rings. The van der Waals surface area contributed by atoms with Crippen LogP contribution < -0.4 is 0 Å². The number of unbranched alkanes of at least 4 members (excludes halogenated alkanes) is 29. The minimum absolute atomic E-state index is 0.111. The Bertz CT molecular complexity index is 1770. The molecule has 0 rings (SSSR count). The highest BCUT2D eigenvalue weighted by atomic mass is 31.2. The molecule has 5 atom stereocenters. The second kappa shape index (κ2) is 59.6. The smallest absolute Gasteiger partial charge is 0.463 e. The molecule has 0 aromatic heterocycles. The predicted molar refractivity (Wildman–Crippen MR) is 335 cm³/mol. The number of esters is 3. The summed E-state index contributed by atoms with van der Waals surface area (Å²) in [7, 11) is -9.76. The van der Waals surface area contributed by atoms with Crippen molar-refractivity contribution in [1.82, 2.24) is 0 Å².